The van der Waals surface area contributed by atoms with Crippen LogP contribution >= 0.6 is 0 Å². The highest BCUT2D eigenvalue weighted by Gasteiger charge is 2.18. The maximum absolute atomic E-state index is 5.62. The summed E-state index contributed by atoms with van der Waals surface area (Å²) in [4.78, 5) is 0. The summed E-state index contributed by atoms with van der Waals surface area (Å²) in [5, 5.41) is 3.75. The standard InChI is InChI=1S/C18H29NO/c1-3-13-20-17-11-9-16(10-12-17)14-19-18-8-6-4-5-7-15(18)2/h9-12,15,18-19H,3-8,13-14H2,1-2H3. The van der Waals surface area contributed by atoms with Gasteiger partial charge < -0.3 is 10.1 Å². The molecule has 0 spiro atoms. The molecule has 0 radical (unpaired) electrons. The lowest BCUT2D eigenvalue weighted by molar-refractivity contribution is 0.317. The van der Waals surface area contributed by atoms with E-state index in [1.807, 2.05) is 0 Å². The molecule has 1 aromatic rings. The summed E-state index contributed by atoms with van der Waals surface area (Å²) < 4.78 is 5.62. The van der Waals surface area contributed by atoms with Crippen molar-refractivity contribution in [2.75, 3.05) is 6.61 Å². The lowest BCUT2D eigenvalue weighted by atomic mass is 9.97. The molecule has 1 N–H and O–H groups in total. The quantitative estimate of drug-likeness (QED) is 0.770. The molecule has 20 heavy (non-hydrogen) atoms. The molecule has 1 aromatic carbocycles. The average Bonchev–Trinajstić information content (AvgIpc) is 2.68. The number of rotatable bonds is 6. The Balaban J connectivity index is 1.80. The van der Waals surface area contributed by atoms with Gasteiger partial charge in [0.25, 0.3) is 0 Å². The van der Waals surface area contributed by atoms with Gasteiger partial charge in [-0.15, -0.1) is 0 Å². The number of ether oxygens (including phenoxy) is 1. The van der Waals surface area contributed by atoms with Crippen molar-refractivity contribution in [1.29, 1.82) is 0 Å². The van der Waals surface area contributed by atoms with Crippen LogP contribution in [-0.2, 0) is 6.54 Å². The van der Waals surface area contributed by atoms with Gasteiger partial charge in [0.05, 0.1) is 6.61 Å². The molecule has 2 unspecified atom stereocenters. The molecule has 2 heteroatoms. The van der Waals surface area contributed by atoms with Gasteiger partial charge in [-0.3, -0.25) is 0 Å². The van der Waals surface area contributed by atoms with Crippen molar-refractivity contribution in [2.24, 2.45) is 5.92 Å². The van der Waals surface area contributed by atoms with Crippen molar-refractivity contribution in [3.63, 3.8) is 0 Å². The van der Waals surface area contributed by atoms with E-state index in [4.69, 9.17) is 4.74 Å². The summed E-state index contributed by atoms with van der Waals surface area (Å²) >= 11 is 0. The molecule has 1 saturated carbocycles. The Morgan fingerprint density at radius 1 is 1.10 bits per heavy atom. The van der Waals surface area contributed by atoms with Gasteiger partial charge in [0, 0.05) is 12.6 Å². The van der Waals surface area contributed by atoms with Crippen molar-refractivity contribution >= 4 is 0 Å². The van der Waals surface area contributed by atoms with Gasteiger partial charge in [-0.25, -0.2) is 0 Å². The maximum atomic E-state index is 5.62. The van der Waals surface area contributed by atoms with Gasteiger partial charge in [-0.1, -0.05) is 45.2 Å². The van der Waals surface area contributed by atoms with Crippen LogP contribution in [0.25, 0.3) is 0 Å². The van der Waals surface area contributed by atoms with E-state index in [1.165, 1.54) is 37.7 Å². The second-order valence-corrected chi connectivity index (χ2v) is 6.10. The van der Waals surface area contributed by atoms with Gasteiger partial charge in [-0.2, -0.15) is 0 Å². The molecule has 0 bridgehead atoms. The summed E-state index contributed by atoms with van der Waals surface area (Å²) in [5.41, 5.74) is 1.35. The summed E-state index contributed by atoms with van der Waals surface area (Å²) in [7, 11) is 0. The molecule has 0 aliphatic heterocycles. The van der Waals surface area contributed by atoms with Crippen LogP contribution in [0.2, 0.25) is 0 Å². The molecule has 1 aliphatic carbocycles. The zero-order chi connectivity index (χ0) is 14.2. The maximum Gasteiger partial charge on any atom is 0.119 e. The third kappa shape index (κ3) is 4.82. The fourth-order valence-corrected chi connectivity index (χ4v) is 2.97. The van der Waals surface area contributed by atoms with Crippen LogP contribution in [0.15, 0.2) is 24.3 Å². The normalized spacial score (nSPS) is 23.3. The van der Waals surface area contributed by atoms with E-state index < -0.39 is 0 Å². The predicted molar refractivity (Wildman–Crippen MR) is 85.1 cm³/mol. The van der Waals surface area contributed by atoms with Gasteiger partial charge in [0.15, 0.2) is 0 Å². The highest BCUT2D eigenvalue weighted by molar-refractivity contribution is 5.27. The lowest BCUT2D eigenvalue weighted by Gasteiger charge is -2.23. The second-order valence-electron chi connectivity index (χ2n) is 6.10. The highest BCUT2D eigenvalue weighted by Crippen LogP contribution is 2.23. The van der Waals surface area contributed by atoms with Gasteiger partial charge in [0.2, 0.25) is 0 Å². The first-order valence-corrected chi connectivity index (χ1v) is 8.24. The first kappa shape index (κ1) is 15.4. The van der Waals surface area contributed by atoms with E-state index in [0.717, 1.165) is 31.2 Å². The van der Waals surface area contributed by atoms with E-state index in [-0.39, 0.29) is 0 Å². The monoisotopic (exact) mass is 275 g/mol. The Kier molecular flexibility index (Phi) is 6.38. The fraction of sp³-hybridized carbons (Fsp3) is 0.667. The van der Waals surface area contributed by atoms with Gasteiger partial charge in [0.1, 0.15) is 5.75 Å². The summed E-state index contributed by atoms with van der Waals surface area (Å²) in [6, 6.07) is 9.22. The number of benzene rings is 1. The molecular weight excluding hydrogens is 246 g/mol. The van der Waals surface area contributed by atoms with E-state index in [1.54, 1.807) is 0 Å². The Labute approximate surface area is 123 Å². The zero-order valence-electron chi connectivity index (χ0n) is 13.0. The first-order valence-electron chi connectivity index (χ1n) is 8.24. The van der Waals surface area contributed by atoms with Crippen molar-refractivity contribution in [3.05, 3.63) is 29.8 Å². The van der Waals surface area contributed by atoms with Crippen LogP contribution in [-0.4, -0.2) is 12.6 Å². The number of hydrogen-bond donors (Lipinski definition) is 1. The predicted octanol–water partition coefficient (Wildman–Crippen LogP) is 4.53. The minimum atomic E-state index is 0.688. The summed E-state index contributed by atoms with van der Waals surface area (Å²) in [6.07, 6.45) is 7.96. The van der Waals surface area contributed by atoms with Gasteiger partial charge >= 0.3 is 0 Å². The van der Waals surface area contributed by atoms with Crippen LogP contribution in [0.4, 0.5) is 0 Å². The smallest absolute Gasteiger partial charge is 0.119 e. The zero-order valence-corrected chi connectivity index (χ0v) is 13.0. The van der Waals surface area contributed by atoms with Crippen LogP contribution in [0.3, 0.4) is 0 Å². The van der Waals surface area contributed by atoms with Crippen molar-refractivity contribution in [1.82, 2.24) is 5.32 Å². The van der Waals surface area contributed by atoms with Crippen molar-refractivity contribution in [2.45, 2.75) is 65.0 Å². The molecule has 112 valence electrons. The lowest BCUT2D eigenvalue weighted by Crippen LogP contribution is -2.33. The molecule has 0 heterocycles. The molecule has 0 amide bonds. The van der Waals surface area contributed by atoms with Crippen LogP contribution < -0.4 is 10.1 Å². The van der Waals surface area contributed by atoms with E-state index in [9.17, 15) is 0 Å². The van der Waals surface area contributed by atoms with Crippen LogP contribution in [0.5, 0.6) is 5.75 Å². The Morgan fingerprint density at radius 3 is 2.60 bits per heavy atom. The highest BCUT2D eigenvalue weighted by atomic mass is 16.5. The summed E-state index contributed by atoms with van der Waals surface area (Å²) in [5.74, 6) is 1.79. The molecule has 2 rings (SSSR count). The molecular formula is C18H29NO. The Hall–Kier alpha value is -1.02. The largest absolute Gasteiger partial charge is 0.494 e. The Bertz CT molecular complexity index is 374. The van der Waals surface area contributed by atoms with E-state index in [2.05, 4.69) is 43.4 Å². The van der Waals surface area contributed by atoms with Crippen molar-refractivity contribution < 1.29 is 4.74 Å². The SMILES string of the molecule is CCCOc1ccc(CNC2CCCCCC2C)cc1. The molecule has 0 saturated heterocycles. The minimum absolute atomic E-state index is 0.688. The van der Waals surface area contributed by atoms with Crippen LogP contribution in [0.1, 0.15) is 57.9 Å². The number of nitrogens with one attached hydrogen (secondary N) is 1. The van der Waals surface area contributed by atoms with E-state index in [0.29, 0.717) is 6.04 Å². The molecule has 1 fully saturated rings. The average molecular weight is 275 g/mol. The Morgan fingerprint density at radius 2 is 1.85 bits per heavy atom. The molecule has 2 nitrogen and oxygen atoms in total. The number of hydrogen-bond acceptors (Lipinski definition) is 2. The molecule has 1 aliphatic rings. The second kappa shape index (κ2) is 8.31. The van der Waals surface area contributed by atoms with E-state index >= 15 is 0 Å². The first-order chi connectivity index (χ1) is 9.79. The fourth-order valence-electron chi connectivity index (χ4n) is 2.97. The van der Waals surface area contributed by atoms with Crippen molar-refractivity contribution in [3.8, 4) is 5.75 Å². The third-order valence-electron chi connectivity index (χ3n) is 4.33. The molecule has 2 atom stereocenters. The summed E-state index contributed by atoms with van der Waals surface area (Å²) in [6.45, 7) is 6.30. The third-order valence-corrected chi connectivity index (χ3v) is 4.33. The topological polar surface area (TPSA) is 21.3 Å². The van der Waals surface area contributed by atoms with Crippen LogP contribution in [0, 0.1) is 5.92 Å². The minimum Gasteiger partial charge on any atom is -0.494 e. The molecule has 0 aromatic heterocycles. The van der Waals surface area contributed by atoms with Gasteiger partial charge in [-0.05, 0) is 42.9 Å².